The Hall–Kier alpha value is -1.51. The van der Waals surface area contributed by atoms with E-state index in [1.165, 1.54) is 23.1 Å². The number of fused-ring (bicyclic) bond motifs is 1. The first-order valence-corrected chi connectivity index (χ1v) is 8.73. The number of aliphatic carboxylic acids is 1. The minimum Gasteiger partial charge on any atom is -0.477 e. The Kier molecular flexibility index (Phi) is 4.16. The normalized spacial score (nSPS) is 23.9. The summed E-state index contributed by atoms with van der Waals surface area (Å²) < 4.78 is 0. The summed E-state index contributed by atoms with van der Waals surface area (Å²) >= 11 is 8.72. The topological polar surface area (TPSA) is 86.7 Å². The van der Waals surface area contributed by atoms with Crippen molar-refractivity contribution in [1.29, 1.82) is 0 Å². The number of β-lactam (4-membered cyclic amide) rings is 1. The maximum absolute atomic E-state index is 12.1. The fourth-order valence-corrected chi connectivity index (χ4v) is 4.60. The van der Waals surface area contributed by atoms with Gasteiger partial charge < -0.3 is 10.4 Å². The molecule has 2 amide bonds. The molecule has 2 atom stereocenters. The largest absolute Gasteiger partial charge is 0.477 e. The Bertz CT molecular complexity index is 674. The average Bonchev–Trinajstić information content (AvgIpc) is 2.97. The van der Waals surface area contributed by atoms with E-state index in [0.717, 1.165) is 10.5 Å². The molecule has 1 aromatic rings. The SMILES string of the molecule is O=C(Cc1ccsc1)NC1C(=O)N2C(C(=O)O)=C(Cl)CS[C@@H]12. The van der Waals surface area contributed by atoms with Crippen molar-refractivity contribution < 1.29 is 19.5 Å². The lowest BCUT2D eigenvalue weighted by Gasteiger charge is -2.48. The Labute approximate surface area is 139 Å². The highest BCUT2D eigenvalue weighted by molar-refractivity contribution is 8.00. The van der Waals surface area contributed by atoms with Gasteiger partial charge >= 0.3 is 5.97 Å². The fourth-order valence-electron chi connectivity index (χ4n) is 2.39. The second-order valence-electron chi connectivity index (χ2n) is 4.82. The molecule has 3 heterocycles. The number of carbonyl (C=O) groups excluding carboxylic acids is 2. The summed E-state index contributed by atoms with van der Waals surface area (Å²) in [5, 5.41) is 15.3. The van der Waals surface area contributed by atoms with Crippen molar-refractivity contribution in [2.75, 3.05) is 5.75 Å². The van der Waals surface area contributed by atoms with Gasteiger partial charge in [-0.15, -0.1) is 11.8 Å². The zero-order valence-corrected chi connectivity index (χ0v) is 13.5. The third-order valence-electron chi connectivity index (χ3n) is 3.39. The van der Waals surface area contributed by atoms with E-state index < -0.39 is 23.3 Å². The minimum absolute atomic E-state index is 0.144. The number of nitrogens with zero attached hydrogens (tertiary/aromatic N) is 1. The number of carbonyl (C=O) groups is 3. The zero-order chi connectivity index (χ0) is 15.9. The zero-order valence-electron chi connectivity index (χ0n) is 11.1. The molecule has 0 aliphatic carbocycles. The maximum Gasteiger partial charge on any atom is 0.353 e. The number of thioether (sulfide) groups is 1. The van der Waals surface area contributed by atoms with Crippen molar-refractivity contribution >= 4 is 52.5 Å². The Morgan fingerprint density at radius 1 is 1.50 bits per heavy atom. The van der Waals surface area contributed by atoms with Crippen LogP contribution in [0, 0.1) is 0 Å². The van der Waals surface area contributed by atoms with Crippen LogP contribution in [-0.2, 0) is 20.8 Å². The quantitative estimate of drug-likeness (QED) is 0.790. The van der Waals surface area contributed by atoms with E-state index in [0.29, 0.717) is 5.75 Å². The van der Waals surface area contributed by atoms with Gasteiger partial charge in [-0.1, -0.05) is 11.6 Å². The number of carboxylic acid groups (broad SMARTS) is 1. The minimum atomic E-state index is -1.23. The molecule has 3 rings (SSSR count). The van der Waals surface area contributed by atoms with Crippen LogP contribution in [0.1, 0.15) is 5.56 Å². The van der Waals surface area contributed by atoms with Gasteiger partial charge in [-0.2, -0.15) is 11.3 Å². The third kappa shape index (κ3) is 2.62. The molecular weight excluding hydrogens is 348 g/mol. The number of rotatable bonds is 4. The van der Waals surface area contributed by atoms with Crippen molar-refractivity contribution in [3.8, 4) is 0 Å². The molecule has 1 saturated heterocycles. The molecule has 116 valence electrons. The van der Waals surface area contributed by atoms with Gasteiger partial charge in [-0.25, -0.2) is 4.79 Å². The molecule has 2 N–H and O–H groups in total. The van der Waals surface area contributed by atoms with Gasteiger partial charge in [-0.05, 0) is 22.4 Å². The lowest BCUT2D eigenvalue weighted by Crippen LogP contribution is -2.70. The van der Waals surface area contributed by atoms with Gasteiger partial charge in [0.25, 0.3) is 5.91 Å². The third-order valence-corrected chi connectivity index (χ3v) is 5.87. The first-order chi connectivity index (χ1) is 10.5. The van der Waals surface area contributed by atoms with Crippen LogP contribution in [0.25, 0.3) is 0 Å². The molecule has 1 fully saturated rings. The molecule has 2 aliphatic rings. The molecule has 9 heteroatoms. The van der Waals surface area contributed by atoms with Crippen LogP contribution >= 0.6 is 34.7 Å². The van der Waals surface area contributed by atoms with Crippen LogP contribution in [0.3, 0.4) is 0 Å². The number of nitrogens with one attached hydrogen (secondary N) is 1. The smallest absolute Gasteiger partial charge is 0.353 e. The van der Waals surface area contributed by atoms with Gasteiger partial charge in [0.15, 0.2) is 0 Å². The van der Waals surface area contributed by atoms with Crippen molar-refractivity contribution in [2.45, 2.75) is 17.8 Å². The number of thiophene rings is 1. The molecule has 0 radical (unpaired) electrons. The first kappa shape index (κ1) is 15.4. The van der Waals surface area contributed by atoms with E-state index in [4.69, 9.17) is 16.7 Å². The molecular formula is C13H11ClN2O4S2. The summed E-state index contributed by atoms with van der Waals surface area (Å²) in [5.74, 6) is -1.61. The van der Waals surface area contributed by atoms with Crippen molar-refractivity contribution in [2.24, 2.45) is 0 Å². The highest BCUT2D eigenvalue weighted by Crippen LogP contribution is 2.41. The first-order valence-electron chi connectivity index (χ1n) is 6.36. The Morgan fingerprint density at radius 3 is 2.91 bits per heavy atom. The molecule has 22 heavy (non-hydrogen) atoms. The van der Waals surface area contributed by atoms with Crippen molar-refractivity contribution in [3.05, 3.63) is 33.1 Å². The van der Waals surface area contributed by atoms with Gasteiger partial charge in [-0.3, -0.25) is 14.5 Å². The highest BCUT2D eigenvalue weighted by atomic mass is 35.5. The predicted octanol–water partition coefficient (Wildman–Crippen LogP) is 1.23. The standard InChI is InChI=1S/C13H11ClN2O4S2/c14-7-5-22-12-9(11(18)16(12)10(7)13(19)20)15-8(17)3-6-1-2-21-4-6/h1-2,4,9,12H,3,5H2,(H,15,17)(H,19,20)/t9?,12-/m0/s1. The van der Waals surface area contributed by atoms with E-state index in [-0.39, 0.29) is 23.1 Å². The van der Waals surface area contributed by atoms with Crippen LogP contribution < -0.4 is 5.32 Å². The van der Waals surface area contributed by atoms with Crippen LogP contribution in [0.15, 0.2) is 27.6 Å². The van der Waals surface area contributed by atoms with Gasteiger partial charge in [0.1, 0.15) is 17.1 Å². The number of hydrogen-bond acceptors (Lipinski definition) is 5. The molecule has 0 spiro atoms. The monoisotopic (exact) mass is 358 g/mol. The number of hydrogen-bond donors (Lipinski definition) is 2. The summed E-state index contributed by atoms with van der Waals surface area (Å²) in [6, 6.07) is 1.15. The van der Waals surface area contributed by atoms with E-state index in [2.05, 4.69) is 5.32 Å². The maximum atomic E-state index is 12.1. The molecule has 6 nitrogen and oxygen atoms in total. The van der Waals surface area contributed by atoms with Crippen LogP contribution in [0.5, 0.6) is 0 Å². The van der Waals surface area contributed by atoms with Crippen LogP contribution in [0.2, 0.25) is 0 Å². The fraction of sp³-hybridized carbons (Fsp3) is 0.308. The van der Waals surface area contributed by atoms with E-state index >= 15 is 0 Å². The summed E-state index contributed by atoms with van der Waals surface area (Å²) in [6.45, 7) is 0. The second kappa shape index (κ2) is 5.94. The average molecular weight is 359 g/mol. The van der Waals surface area contributed by atoms with Gasteiger partial charge in [0.05, 0.1) is 11.5 Å². The van der Waals surface area contributed by atoms with Crippen LogP contribution in [0.4, 0.5) is 0 Å². The Morgan fingerprint density at radius 2 is 2.27 bits per heavy atom. The molecule has 1 aromatic heterocycles. The molecule has 0 aromatic carbocycles. The van der Waals surface area contributed by atoms with Crippen molar-refractivity contribution in [3.63, 3.8) is 0 Å². The molecule has 2 aliphatic heterocycles. The summed E-state index contributed by atoms with van der Waals surface area (Å²) in [6.07, 6.45) is 0.201. The van der Waals surface area contributed by atoms with E-state index in [1.54, 1.807) is 0 Å². The van der Waals surface area contributed by atoms with Gasteiger partial charge in [0.2, 0.25) is 5.91 Å². The second-order valence-corrected chi connectivity index (χ2v) is 7.16. The lowest BCUT2D eigenvalue weighted by atomic mass is 10.0. The summed E-state index contributed by atoms with van der Waals surface area (Å²) in [5.41, 5.74) is 0.704. The summed E-state index contributed by atoms with van der Waals surface area (Å²) in [7, 11) is 0. The van der Waals surface area contributed by atoms with Gasteiger partial charge in [0, 0.05) is 5.75 Å². The lowest BCUT2D eigenvalue weighted by molar-refractivity contribution is -0.150. The van der Waals surface area contributed by atoms with Crippen LogP contribution in [-0.4, -0.2) is 45.0 Å². The molecule has 1 unspecified atom stereocenters. The number of carboxylic acids is 1. The summed E-state index contributed by atoms with van der Waals surface area (Å²) in [4.78, 5) is 36.5. The van der Waals surface area contributed by atoms with Crippen molar-refractivity contribution in [1.82, 2.24) is 10.2 Å². The van der Waals surface area contributed by atoms with E-state index in [9.17, 15) is 14.4 Å². The molecule has 0 bridgehead atoms. The highest BCUT2D eigenvalue weighted by Gasteiger charge is 2.54. The molecule has 0 saturated carbocycles. The predicted molar refractivity (Wildman–Crippen MR) is 83.6 cm³/mol. The number of amides is 2. The van der Waals surface area contributed by atoms with E-state index in [1.807, 2.05) is 16.8 Å². The number of halogens is 1. The Balaban J connectivity index is 1.68.